The predicted molar refractivity (Wildman–Crippen MR) is 63.8 cm³/mol. The topological polar surface area (TPSA) is 44.5 Å². The summed E-state index contributed by atoms with van der Waals surface area (Å²) in [6, 6.07) is 5.99. The Bertz CT molecular complexity index is 365. The molecule has 0 fully saturated rings. The zero-order chi connectivity index (χ0) is 11.5. The van der Waals surface area contributed by atoms with E-state index in [2.05, 4.69) is 13.8 Å². The van der Waals surface area contributed by atoms with E-state index < -0.39 is 0 Å². The van der Waals surface area contributed by atoms with Crippen LogP contribution in [0.2, 0.25) is 0 Å². The lowest BCUT2D eigenvalue weighted by molar-refractivity contribution is 0.193. The summed E-state index contributed by atoms with van der Waals surface area (Å²) < 4.78 is 11.4. The highest BCUT2D eigenvalue weighted by Gasteiger charge is 2.26. The third-order valence-electron chi connectivity index (χ3n) is 2.93. The summed E-state index contributed by atoms with van der Waals surface area (Å²) >= 11 is 0. The summed E-state index contributed by atoms with van der Waals surface area (Å²) in [6.07, 6.45) is 0.992. The molecule has 1 aromatic rings. The molecule has 3 heteroatoms. The maximum Gasteiger partial charge on any atom is 0.165 e. The van der Waals surface area contributed by atoms with Crippen molar-refractivity contribution in [2.24, 2.45) is 11.7 Å². The molecule has 0 radical (unpaired) electrons. The molecule has 0 amide bonds. The molecule has 2 N–H and O–H groups in total. The molecule has 1 aromatic carbocycles. The van der Waals surface area contributed by atoms with Crippen LogP contribution in [0.1, 0.15) is 31.9 Å². The van der Waals surface area contributed by atoms with Crippen LogP contribution in [0.5, 0.6) is 11.5 Å². The van der Waals surface area contributed by atoms with Crippen molar-refractivity contribution in [3.63, 3.8) is 0 Å². The van der Waals surface area contributed by atoms with Crippen molar-refractivity contribution in [2.75, 3.05) is 13.2 Å². The number of benzene rings is 1. The monoisotopic (exact) mass is 221 g/mol. The van der Waals surface area contributed by atoms with E-state index in [9.17, 15) is 0 Å². The Morgan fingerprint density at radius 2 is 2.31 bits per heavy atom. The van der Waals surface area contributed by atoms with Crippen LogP contribution in [0.25, 0.3) is 0 Å². The Morgan fingerprint density at radius 3 is 3.06 bits per heavy atom. The lowest BCUT2D eigenvalue weighted by Crippen LogP contribution is -2.29. The highest BCUT2D eigenvalue weighted by Crippen LogP contribution is 2.40. The molecule has 2 rings (SSSR count). The van der Waals surface area contributed by atoms with Crippen LogP contribution in [-0.4, -0.2) is 13.2 Å². The standard InChI is InChI=1S/C13H19NO2/c1-3-7-15-11-6-4-5-10-12(14)9(2)8-16-13(10)11/h4-6,9,12H,3,7-8,14H2,1-2H3. The molecule has 0 aromatic heterocycles. The van der Waals surface area contributed by atoms with Gasteiger partial charge >= 0.3 is 0 Å². The van der Waals surface area contributed by atoms with E-state index in [1.165, 1.54) is 0 Å². The van der Waals surface area contributed by atoms with Gasteiger partial charge in [-0.1, -0.05) is 26.0 Å². The molecule has 16 heavy (non-hydrogen) atoms. The minimum Gasteiger partial charge on any atom is -0.490 e. The summed E-state index contributed by atoms with van der Waals surface area (Å²) in [5.41, 5.74) is 7.21. The molecule has 2 unspecified atom stereocenters. The van der Waals surface area contributed by atoms with Gasteiger partial charge in [0.05, 0.1) is 13.2 Å². The largest absolute Gasteiger partial charge is 0.490 e. The van der Waals surface area contributed by atoms with Gasteiger partial charge in [-0.2, -0.15) is 0 Å². The Hall–Kier alpha value is -1.22. The van der Waals surface area contributed by atoms with Crippen molar-refractivity contribution >= 4 is 0 Å². The molecular formula is C13H19NO2. The lowest BCUT2D eigenvalue weighted by atomic mass is 9.93. The first-order chi connectivity index (χ1) is 7.74. The molecule has 0 aliphatic carbocycles. The number of hydrogen-bond donors (Lipinski definition) is 1. The number of nitrogens with two attached hydrogens (primary N) is 1. The smallest absolute Gasteiger partial charge is 0.165 e. The molecule has 1 aliphatic rings. The van der Waals surface area contributed by atoms with Crippen LogP contribution in [0.3, 0.4) is 0 Å². The van der Waals surface area contributed by atoms with Crippen LogP contribution in [-0.2, 0) is 0 Å². The fourth-order valence-electron chi connectivity index (χ4n) is 1.90. The molecular weight excluding hydrogens is 202 g/mol. The second-order valence-electron chi connectivity index (χ2n) is 4.34. The molecule has 1 heterocycles. The molecule has 0 bridgehead atoms. The van der Waals surface area contributed by atoms with Crippen molar-refractivity contribution in [3.05, 3.63) is 23.8 Å². The summed E-state index contributed by atoms with van der Waals surface area (Å²) in [5, 5.41) is 0. The fraction of sp³-hybridized carbons (Fsp3) is 0.538. The molecule has 0 saturated heterocycles. The highest BCUT2D eigenvalue weighted by molar-refractivity contribution is 5.49. The van der Waals surface area contributed by atoms with Crippen LogP contribution in [0.15, 0.2) is 18.2 Å². The van der Waals surface area contributed by atoms with Gasteiger partial charge < -0.3 is 15.2 Å². The molecule has 0 spiro atoms. The lowest BCUT2D eigenvalue weighted by Gasteiger charge is -2.29. The van der Waals surface area contributed by atoms with Crippen LogP contribution >= 0.6 is 0 Å². The number of ether oxygens (including phenoxy) is 2. The molecule has 1 aliphatic heterocycles. The van der Waals surface area contributed by atoms with Gasteiger partial charge in [0.15, 0.2) is 11.5 Å². The van der Waals surface area contributed by atoms with Crippen molar-refractivity contribution in [1.29, 1.82) is 0 Å². The molecule has 3 nitrogen and oxygen atoms in total. The van der Waals surface area contributed by atoms with Gasteiger partial charge in [0.25, 0.3) is 0 Å². The Labute approximate surface area is 96.5 Å². The zero-order valence-corrected chi connectivity index (χ0v) is 9.90. The second-order valence-corrected chi connectivity index (χ2v) is 4.34. The number of rotatable bonds is 3. The van der Waals surface area contributed by atoms with Crippen molar-refractivity contribution in [2.45, 2.75) is 26.3 Å². The fourth-order valence-corrected chi connectivity index (χ4v) is 1.90. The van der Waals surface area contributed by atoms with E-state index in [1.807, 2.05) is 18.2 Å². The average Bonchev–Trinajstić information content (AvgIpc) is 2.31. The second kappa shape index (κ2) is 4.74. The summed E-state index contributed by atoms with van der Waals surface area (Å²) in [5.74, 6) is 2.01. The van der Waals surface area contributed by atoms with E-state index in [4.69, 9.17) is 15.2 Å². The van der Waals surface area contributed by atoms with E-state index in [0.717, 1.165) is 23.5 Å². The molecule has 0 saturated carbocycles. The third-order valence-corrected chi connectivity index (χ3v) is 2.93. The maximum absolute atomic E-state index is 6.15. The van der Waals surface area contributed by atoms with Crippen molar-refractivity contribution in [3.8, 4) is 11.5 Å². The van der Waals surface area contributed by atoms with Gasteiger partial charge in [0, 0.05) is 17.5 Å². The zero-order valence-electron chi connectivity index (χ0n) is 9.90. The summed E-state index contributed by atoms with van der Waals surface area (Å²) in [7, 11) is 0. The Morgan fingerprint density at radius 1 is 1.50 bits per heavy atom. The minimum absolute atomic E-state index is 0.0499. The van der Waals surface area contributed by atoms with Gasteiger partial charge in [0.1, 0.15) is 0 Å². The van der Waals surface area contributed by atoms with Crippen molar-refractivity contribution in [1.82, 2.24) is 0 Å². The van der Waals surface area contributed by atoms with Gasteiger partial charge in [-0.15, -0.1) is 0 Å². The quantitative estimate of drug-likeness (QED) is 0.853. The van der Waals surface area contributed by atoms with Gasteiger partial charge in [0.2, 0.25) is 0 Å². The normalized spacial score (nSPS) is 23.4. The first-order valence-corrected chi connectivity index (χ1v) is 5.88. The predicted octanol–water partition coefficient (Wildman–Crippen LogP) is 2.50. The number of hydrogen-bond acceptors (Lipinski definition) is 3. The van der Waals surface area contributed by atoms with Crippen LogP contribution in [0.4, 0.5) is 0 Å². The van der Waals surface area contributed by atoms with Crippen LogP contribution < -0.4 is 15.2 Å². The average molecular weight is 221 g/mol. The van der Waals surface area contributed by atoms with Gasteiger partial charge in [-0.05, 0) is 12.5 Å². The Balaban J connectivity index is 2.29. The molecule has 2 atom stereocenters. The van der Waals surface area contributed by atoms with E-state index >= 15 is 0 Å². The van der Waals surface area contributed by atoms with Crippen molar-refractivity contribution < 1.29 is 9.47 Å². The number of para-hydroxylation sites is 1. The van der Waals surface area contributed by atoms with E-state index in [1.54, 1.807) is 0 Å². The summed E-state index contributed by atoms with van der Waals surface area (Å²) in [6.45, 7) is 5.57. The van der Waals surface area contributed by atoms with Gasteiger partial charge in [-0.25, -0.2) is 0 Å². The molecule has 88 valence electrons. The first kappa shape index (κ1) is 11.3. The summed E-state index contributed by atoms with van der Waals surface area (Å²) in [4.78, 5) is 0. The van der Waals surface area contributed by atoms with E-state index in [0.29, 0.717) is 19.1 Å². The SMILES string of the molecule is CCCOc1cccc2c1OCC(C)C2N. The minimum atomic E-state index is 0.0499. The maximum atomic E-state index is 6.15. The van der Waals surface area contributed by atoms with Crippen LogP contribution in [0, 0.1) is 5.92 Å². The highest BCUT2D eigenvalue weighted by atomic mass is 16.5. The van der Waals surface area contributed by atoms with E-state index in [-0.39, 0.29) is 6.04 Å². The third kappa shape index (κ3) is 2.00. The Kier molecular flexibility index (Phi) is 3.34. The number of fused-ring (bicyclic) bond motifs is 1. The van der Waals surface area contributed by atoms with Gasteiger partial charge in [-0.3, -0.25) is 0 Å². The first-order valence-electron chi connectivity index (χ1n) is 5.88.